The number of hydrogen-bond donors (Lipinski definition) is 2. The zero-order valence-corrected chi connectivity index (χ0v) is 8.25. The van der Waals surface area contributed by atoms with E-state index in [-0.39, 0.29) is 11.9 Å². The first kappa shape index (κ1) is 10.5. The average molecular weight is 186 g/mol. The van der Waals surface area contributed by atoms with Gasteiger partial charge < -0.3 is 15.8 Å². The van der Waals surface area contributed by atoms with E-state index in [0.29, 0.717) is 18.6 Å². The second-order valence-electron chi connectivity index (χ2n) is 3.51. The Morgan fingerprint density at radius 1 is 1.69 bits per heavy atom. The summed E-state index contributed by atoms with van der Waals surface area (Å²) in [6, 6.07) is -0.355. The van der Waals surface area contributed by atoms with Gasteiger partial charge in [0.2, 0.25) is 5.91 Å². The molecular weight excluding hydrogens is 168 g/mol. The molecule has 0 saturated heterocycles. The number of carbonyl (C=O) groups excluding carboxylic acids is 1. The molecule has 0 unspecified atom stereocenters. The van der Waals surface area contributed by atoms with Crippen molar-refractivity contribution in [3.05, 3.63) is 0 Å². The van der Waals surface area contributed by atoms with Gasteiger partial charge in [-0.1, -0.05) is 0 Å². The molecule has 1 atom stereocenters. The van der Waals surface area contributed by atoms with Crippen LogP contribution in [0.25, 0.3) is 0 Å². The minimum Gasteiger partial charge on any atom is -0.381 e. The van der Waals surface area contributed by atoms with E-state index >= 15 is 0 Å². The number of carbonyl (C=O) groups is 1. The molecule has 0 radical (unpaired) electrons. The van der Waals surface area contributed by atoms with Crippen molar-refractivity contribution in [1.82, 2.24) is 5.32 Å². The largest absolute Gasteiger partial charge is 0.381 e. The van der Waals surface area contributed by atoms with Gasteiger partial charge in [-0.3, -0.25) is 4.79 Å². The summed E-state index contributed by atoms with van der Waals surface area (Å²) in [6.45, 7) is 2.54. The number of methoxy groups -OCH3 is 1. The fourth-order valence-corrected chi connectivity index (χ4v) is 1.60. The van der Waals surface area contributed by atoms with E-state index in [0.717, 1.165) is 12.8 Å². The Morgan fingerprint density at radius 3 is 2.77 bits per heavy atom. The zero-order chi connectivity index (χ0) is 9.84. The van der Waals surface area contributed by atoms with Crippen molar-refractivity contribution in [2.24, 2.45) is 11.7 Å². The maximum atomic E-state index is 11.3. The van der Waals surface area contributed by atoms with Crippen molar-refractivity contribution in [3.8, 4) is 0 Å². The van der Waals surface area contributed by atoms with Gasteiger partial charge in [-0.2, -0.15) is 0 Å². The van der Waals surface area contributed by atoms with Gasteiger partial charge in [0.1, 0.15) is 0 Å². The summed E-state index contributed by atoms with van der Waals surface area (Å²) >= 11 is 0. The smallest absolute Gasteiger partial charge is 0.237 e. The molecule has 0 aliphatic heterocycles. The number of nitrogens with two attached hydrogens (primary N) is 1. The highest BCUT2D eigenvalue weighted by molar-refractivity contribution is 5.81. The molecule has 1 rings (SSSR count). The van der Waals surface area contributed by atoms with Crippen molar-refractivity contribution in [2.75, 3.05) is 13.7 Å². The summed E-state index contributed by atoms with van der Waals surface area (Å²) in [6.07, 6.45) is 2.13. The predicted octanol–water partition coefficient (Wildman–Crippen LogP) is -0.125. The Labute approximate surface area is 78.8 Å². The van der Waals surface area contributed by atoms with E-state index in [1.807, 2.05) is 6.92 Å². The second kappa shape index (κ2) is 4.58. The van der Waals surface area contributed by atoms with Gasteiger partial charge in [0.25, 0.3) is 0 Å². The van der Waals surface area contributed by atoms with Crippen molar-refractivity contribution in [1.29, 1.82) is 0 Å². The lowest BCUT2D eigenvalue weighted by Crippen LogP contribution is -2.51. The SMILES string of the molecule is CCNC(=O)[C@H](N)C1CC(OC)C1. The van der Waals surface area contributed by atoms with E-state index < -0.39 is 0 Å². The van der Waals surface area contributed by atoms with Crippen LogP contribution in [0.3, 0.4) is 0 Å². The molecule has 4 heteroatoms. The van der Waals surface area contributed by atoms with Crippen LogP contribution < -0.4 is 11.1 Å². The highest BCUT2D eigenvalue weighted by atomic mass is 16.5. The normalized spacial score (nSPS) is 29.2. The first-order valence-corrected chi connectivity index (χ1v) is 4.75. The summed E-state index contributed by atoms with van der Waals surface area (Å²) in [4.78, 5) is 11.3. The highest BCUT2D eigenvalue weighted by Crippen LogP contribution is 2.31. The highest BCUT2D eigenvalue weighted by Gasteiger charge is 2.36. The summed E-state index contributed by atoms with van der Waals surface area (Å²) in [5, 5.41) is 2.72. The van der Waals surface area contributed by atoms with Crippen molar-refractivity contribution < 1.29 is 9.53 Å². The molecule has 13 heavy (non-hydrogen) atoms. The van der Waals surface area contributed by atoms with E-state index in [4.69, 9.17) is 10.5 Å². The lowest BCUT2D eigenvalue weighted by molar-refractivity contribution is -0.125. The number of rotatable bonds is 4. The molecule has 0 spiro atoms. The molecule has 1 fully saturated rings. The Kier molecular flexibility index (Phi) is 3.69. The molecule has 1 saturated carbocycles. The molecular formula is C9H18N2O2. The van der Waals surface area contributed by atoms with E-state index in [2.05, 4.69) is 5.32 Å². The second-order valence-corrected chi connectivity index (χ2v) is 3.51. The topological polar surface area (TPSA) is 64.4 Å². The third-order valence-electron chi connectivity index (χ3n) is 2.63. The van der Waals surface area contributed by atoms with Crippen molar-refractivity contribution in [3.63, 3.8) is 0 Å². The summed E-state index contributed by atoms with van der Waals surface area (Å²) < 4.78 is 5.12. The van der Waals surface area contributed by atoms with Gasteiger partial charge in [0.15, 0.2) is 0 Å². The van der Waals surface area contributed by atoms with Crippen LogP contribution in [-0.4, -0.2) is 31.7 Å². The predicted molar refractivity (Wildman–Crippen MR) is 50.2 cm³/mol. The van der Waals surface area contributed by atoms with Gasteiger partial charge in [0, 0.05) is 13.7 Å². The number of amides is 1. The molecule has 1 amide bonds. The lowest BCUT2D eigenvalue weighted by atomic mass is 9.77. The number of ether oxygens (including phenoxy) is 1. The molecule has 0 aromatic carbocycles. The molecule has 0 aromatic rings. The molecule has 1 aliphatic carbocycles. The molecule has 3 N–H and O–H groups in total. The Morgan fingerprint density at radius 2 is 2.31 bits per heavy atom. The zero-order valence-electron chi connectivity index (χ0n) is 8.25. The quantitative estimate of drug-likeness (QED) is 0.643. The Hall–Kier alpha value is -0.610. The standard InChI is InChI=1S/C9H18N2O2/c1-3-11-9(12)8(10)6-4-7(5-6)13-2/h6-8H,3-5,10H2,1-2H3,(H,11,12)/t6?,7?,8-/m1/s1. The molecule has 0 heterocycles. The third-order valence-corrected chi connectivity index (χ3v) is 2.63. The maximum absolute atomic E-state index is 11.3. The van der Waals surface area contributed by atoms with Crippen LogP contribution in [0.4, 0.5) is 0 Å². The van der Waals surface area contributed by atoms with Crippen LogP contribution in [-0.2, 0) is 9.53 Å². The van der Waals surface area contributed by atoms with Crippen LogP contribution in [0.2, 0.25) is 0 Å². The fraction of sp³-hybridized carbons (Fsp3) is 0.889. The minimum atomic E-state index is -0.355. The third kappa shape index (κ3) is 2.42. The van der Waals surface area contributed by atoms with Gasteiger partial charge >= 0.3 is 0 Å². The van der Waals surface area contributed by atoms with Gasteiger partial charge in [-0.05, 0) is 25.7 Å². The summed E-state index contributed by atoms with van der Waals surface area (Å²) in [7, 11) is 1.69. The maximum Gasteiger partial charge on any atom is 0.237 e. The first-order valence-electron chi connectivity index (χ1n) is 4.75. The monoisotopic (exact) mass is 186 g/mol. The van der Waals surface area contributed by atoms with E-state index in [1.54, 1.807) is 7.11 Å². The fourth-order valence-electron chi connectivity index (χ4n) is 1.60. The van der Waals surface area contributed by atoms with Crippen LogP contribution >= 0.6 is 0 Å². The number of nitrogens with one attached hydrogen (secondary N) is 1. The van der Waals surface area contributed by atoms with Crippen LogP contribution in [0.15, 0.2) is 0 Å². The van der Waals surface area contributed by atoms with Gasteiger partial charge in [-0.15, -0.1) is 0 Å². The summed E-state index contributed by atoms with van der Waals surface area (Å²) in [5.74, 6) is 0.263. The summed E-state index contributed by atoms with van der Waals surface area (Å²) in [5.41, 5.74) is 5.76. The number of likely N-dealkylation sites (N-methyl/N-ethyl adjacent to an activating group) is 1. The van der Waals surface area contributed by atoms with Crippen molar-refractivity contribution >= 4 is 5.91 Å². The number of hydrogen-bond acceptors (Lipinski definition) is 3. The van der Waals surface area contributed by atoms with Crippen molar-refractivity contribution in [2.45, 2.75) is 31.9 Å². The minimum absolute atomic E-state index is 0.0398. The molecule has 4 nitrogen and oxygen atoms in total. The first-order chi connectivity index (χ1) is 6.19. The Bertz CT molecular complexity index is 178. The van der Waals surface area contributed by atoms with Gasteiger partial charge in [-0.25, -0.2) is 0 Å². The van der Waals surface area contributed by atoms with Gasteiger partial charge in [0.05, 0.1) is 12.1 Å². The molecule has 1 aliphatic rings. The molecule has 76 valence electrons. The van der Waals surface area contributed by atoms with Crippen LogP contribution in [0.1, 0.15) is 19.8 Å². The van der Waals surface area contributed by atoms with E-state index in [1.165, 1.54) is 0 Å². The Balaban J connectivity index is 2.25. The van der Waals surface area contributed by atoms with E-state index in [9.17, 15) is 4.79 Å². The lowest BCUT2D eigenvalue weighted by Gasteiger charge is -2.37. The molecule has 0 aromatic heterocycles. The van der Waals surface area contributed by atoms with Crippen LogP contribution in [0, 0.1) is 5.92 Å². The van der Waals surface area contributed by atoms with Crippen LogP contribution in [0.5, 0.6) is 0 Å². The average Bonchev–Trinajstić information content (AvgIpc) is 2.02. The molecule has 0 bridgehead atoms.